The molecule has 0 radical (unpaired) electrons. The van der Waals surface area contributed by atoms with E-state index in [9.17, 15) is 9.59 Å². The topological polar surface area (TPSA) is 96.5 Å². The van der Waals surface area contributed by atoms with Gasteiger partial charge in [-0.2, -0.15) is 4.98 Å². The molecule has 7 nitrogen and oxygen atoms in total. The second kappa shape index (κ2) is 10.1. The lowest BCUT2D eigenvalue weighted by Gasteiger charge is -2.24. The SMILES string of the molecule is CC(C)CN(CCC(=O)O)C(=O)CCCc1nc(-c2ccc(Cl)cc2)no1. The number of aryl methyl sites for hydroxylation is 1. The van der Waals surface area contributed by atoms with Gasteiger partial charge in [0.25, 0.3) is 0 Å². The van der Waals surface area contributed by atoms with Crippen molar-refractivity contribution < 1.29 is 19.2 Å². The zero-order valence-electron chi connectivity index (χ0n) is 15.5. The number of rotatable bonds is 10. The van der Waals surface area contributed by atoms with E-state index in [0.717, 1.165) is 5.56 Å². The van der Waals surface area contributed by atoms with Crippen LogP contribution in [-0.4, -0.2) is 45.1 Å². The lowest BCUT2D eigenvalue weighted by Crippen LogP contribution is -2.35. The number of hydrogen-bond donors (Lipinski definition) is 1. The van der Waals surface area contributed by atoms with E-state index < -0.39 is 5.97 Å². The summed E-state index contributed by atoms with van der Waals surface area (Å²) < 4.78 is 5.24. The Labute approximate surface area is 163 Å². The number of hydrogen-bond acceptors (Lipinski definition) is 5. The van der Waals surface area contributed by atoms with Crippen molar-refractivity contribution >= 4 is 23.5 Å². The molecule has 146 valence electrons. The van der Waals surface area contributed by atoms with Crippen LogP contribution in [0.5, 0.6) is 0 Å². The van der Waals surface area contributed by atoms with E-state index in [2.05, 4.69) is 10.1 Å². The lowest BCUT2D eigenvalue weighted by atomic mass is 10.1. The van der Waals surface area contributed by atoms with Crippen LogP contribution in [0.15, 0.2) is 28.8 Å². The number of amides is 1. The largest absolute Gasteiger partial charge is 0.481 e. The molecular weight excluding hydrogens is 370 g/mol. The highest BCUT2D eigenvalue weighted by atomic mass is 35.5. The van der Waals surface area contributed by atoms with Gasteiger partial charge in [0.15, 0.2) is 0 Å². The minimum Gasteiger partial charge on any atom is -0.481 e. The third-order valence-electron chi connectivity index (χ3n) is 3.89. The Morgan fingerprint density at radius 2 is 1.93 bits per heavy atom. The molecule has 0 aliphatic rings. The quantitative estimate of drug-likeness (QED) is 0.661. The van der Waals surface area contributed by atoms with Crippen LogP contribution in [0.3, 0.4) is 0 Å². The van der Waals surface area contributed by atoms with E-state index in [-0.39, 0.29) is 24.8 Å². The molecule has 0 aliphatic carbocycles. The highest BCUT2D eigenvalue weighted by Gasteiger charge is 2.16. The highest BCUT2D eigenvalue weighted by molar-refractivity contribution is 6.30. The summed E-state index contributed by atoms with van der Waals surface area (Å²) in [6.45, 7) is 4.77. The molecule has 1 amide bonds. The number of benzene rings is 1. The molecule has 1 aromatic carbocycles. The first-order valence-corrected chi connectivity index (χ1v) is 9.31. The number of aromatic nitrogens is 2. The van der Waals surface area contributed by atoms with Crippen LogP contribution in [-0.2, 0) is 16.0 Å². The Morgan fingerprint density at radius 1 is 1.22 bits per heavy atom. The smallest absolute Gasteiger partial charge is 0.305 e. The molecular formula is C19H24ClN3O4. The molecule has 0 unspecified atom stereocenters. The fourth-order valence-electron chi connectivity index (χ4n) is 2.61. The van der Waals surface area contributed by atoms with Gasteiger partial charge < -0.3 is 14.5 Å². The van der Waals surface area contributed by atoms with Crippen molar-refractivity contribution in [2.75, 3.05) is 13.1 Å². The molecule has 0 bridgehead atoms. The van der Waals surface area contributed by atoms with Gasteiger partial charge in [-0.15, -0.1) is 0 Å². The maximum Gasteiger partial charge on any atom is 0.305 e. The van der Waals surface area contributed by atoms with Gasteiger partial charge in [-0.25, -0.2) is 0 Å². The van der Waals surface area contributed by atoms with Crippen LogP contribution in [0.25, 0.3) is 11.4 Å². The lowest BCUT2D eigenvalue weighted by molar-refractivity contribution is -0.138. The van der Waals surface area contributed by atoms with Crippen molar-refractivity contribution in [1.82, 2.24) is 15.0 Å². The number of halogens is 1. The molecule has 0 spiro atoms. The van der Waals surface area contributed by atoms with Crippen LogP contribution in [0.1, 0.15) is 39.0 Å². The summed E-state index contributed by atoms with van der Waals surface area (Å²) in [5.74, 6) is 0.268. The number of aliphatic carboxylic acids is 1. The summed E-state index contributed by atoms with van der Waals surface area (Å²) in [5, 5.41) is 13.4. The van der Waals surface area contributed by atoms with Crippen LogP contribution < -0.4 is 0 Å². The van der Waals surface area contributed by atoms with E-state index >= 15 is 0 Å². The fourth-order valence-corrected chi connectivity index (χ4v) is 2.74. The van der Waals surface area contributed by atoms with E-state index in [0.29, 0.717) is 42.5 Å². The van der Waals surface area contributed by atoms with Gasteiger partial charge in [0.2, 0.25) is 17.6 Å². The number of carboxylic acids is 1. The van der Waals surface area contributed by atoms with Gasteiger partial charge in [-0.1, -0.05) is 30.6 Å². The molecule has 2 aromatic rings. The molecule has 8 heteroatoms. The first-order chi connectivity index (χ1) is 12.8. The van der Waals surface area contributed by atoms with Crippen molar-refractivity contribution in [3.63, 3.8) is 0 Å². The van der Waals surface area contributed by atoms with Gasteiger partial charge in [0.05, 0.1) is 6.42 Å². The van der Waals surface area contributed by atoms with Gasteiger partial charge in [0.1, 0.15) is 0 Å². The van der Waals surface area contributed by atoms with Crippen molar-refractivity contribution in [3.8, 4) is 11.4 Å². The Bertz CT molecular complexity index is 759. The Balaban J connectivity index is 1.86. The third kappa shape index (κ3) is 7.02. The summed E-state index contributed by atoms with van der Waals surface area (Å²) in [7, 11) is 0. The van der Waals surface area contributed by atoms with Gasteiger partial charge in [0, 0.05) is 36.5 Å². The summed E-state index contributed by atoms with van der Waals surface area (Å²) in [6.07, 6.45) is 1.31. The number of carbonyl (C=O) groups is 2. The maximum absolute atomic E-state index is 12.4. The summed E-state index contributed by atoms with van der Waals surface area (Å²) in [5.41, 5.74) is 0.808. The molecule has 2 rings (SSSR count). The van der Waals surface area contributed by atoms with Crippen LogP contribution in [0.4, 0.5) is 0 Å². The molecule has 1 heterocycles. The summed E-state index contributed by atoms with van der Waals surface area (Å²) >= 11 is 5.87. The average Bonchev–Trinajstić information content (AvgIpc) is 3.07. The standard InChI is InChI=1S/C19H24ClN3O4/c1-13(2)12-23(11-10-18(25)26)17(24)5-3-4-16-21-19(22-27-16)14-6-8-15(20)9-7-14/h6-9,13H,3-5,10-12H2,1-2H3,(H,25,26). The molecule has 27 heavy (non-hydrogen) atoms. The number of carboxylic acid groups (broad SMARTS) is 1. The summed E-state index contributed by atoms with van der Waals surface area (Å²) in [6, 6.07) is 7.14. The van der Waals surface area contributed by atoms with E-state index in [4.69, 9.17) is 21.2 Å². The van der Waals surface area contributed by atoms with Gasteiger partial charge in [-0.3, -0.25) is 9.59 Å². The molecule has 0 saturated heterocycles. The van der Waals surface area contributed by atoms with Crippen molar-refractivity contribution in [1.29, 1.82) is 0 Å². The van der Waals surface area contributed by atoms with Crippen LogP contribution in [0.2, 0.25) is 5.02 Å². The van der Waals surface area contributed by atoms with Crippen LogP contribution >= 0.6 is 11.6 Å². The second-order valence-corrected chi connectivity index (χ2v) is 7.19. The monoisotopic (exact) mass is 393 g/mol. The maximum atomic E-state index is 12.4. The first kappa shape index (κ1) is 20.9. The van der Waals surface area contributed by atoms with Crippen molar-refractivity contribution in [3.05, 3.63) is 35.2 Å². The van der Waals surface area contributed by atoms with Crippen molar-refractivity contribution in [2.24, 2.45) is 5.92 Å². The van der Waals surface area contributed by atoms with E-state index in [1.54, 1.807) is 17.0 Å². The average molecular weight is 394 g/mol. The molecule has 1 N–H and O–H groups in total. The first-order valence-electron chi connectivity index (χ1n) is 8.93. The Kier molecular flexibility index (Phi) is 7.79. The third-order valence-corrected chi connectivity index (χ3v) is 4.14. The molecule has 0 aliphatic heterocycles. The molecule has 0 fully saturated rings. The van der Waals surface area contributed by atoms with Crippen molar-refractivity contribution in [2.45, 2.75) is 39.5 Å². The Hall–Kier alpha value is -2.41. The zero-order chi connectivity index (χ0) is 19.8. The number of nitrogens with zero attached hydrogens (tertiary/aromatic N) is 3. The fraction of sp³-hybridized carbons (Fsp3) is 0.474. The van der Waals surface area contributed by atoms with Gasteiger partial charge in [-0.05, 0) is 36.6 Å². The second-order valence-electron chi connectivity index (χ2n) is 6.75. The highest BCUT2D eigenvalue weighted by Crippen LogP contribution is 2.19. The predicted molar refractivity (Wildman–Crippen MR) is 101 cm³/mol. The predicted octanol–water partition coefficient (Wildman–Crippen LogP) is 3.67. The molecule has 0 saturated carbocycles. The van der Waals surface area contributed by atoms with E-state index in [1.165, 1.54) is 0 Å². The minimum atomic E-state index is -0.905. The normalized spacial score (nSPS) is 11.0. The molecule has 1 aromatic heterocycles. The zero-order valence-corrected chi connectivity index (χ0v) is 16.3. The minimum absolute atomic E-state index is 0.0490. The Morgan fingerprint density at radius 3 is 2.56 bits per heavy atom. The van der Waals surface area contributed by atoms with E-state index in [1.807, 2.05) is 26.0 Å². The van der Waals surface area contributed by atoms with Gasteiger partial charge >= 0.3 is 5.97 Å². The van der Waals surface area contributed by atoms with Crippen LogP contribution in [0, 0.1) is 5.92 Å². The summed E-state index contributed by atoms with van der Waals surface area (Å²) in [4.78, 5) is 29.1. The number of carbonyl (C=O) groups excluding carboxylic acids is 1. The molecule has 0 atom stereocenters.